The van der Waals surface area contributed by atoms with Gasteiger partial charge < -0.3 is 4.90 Å². The van der Waals surface area contributed by atoms with Crippen molar-refractivity contribution in [3.05, 3.63) is 187 Å². The van der Waals surface area contributed by atoms with Gasteiger partial charge in [0, 0.05) is 39.6 Å². The molecule has 0 radical (unpaired) electrons. The van der Waals surface area contributed by atoms with Crippen molar-refractivity contribution in [2.75, 3.05) is 4.90 Å². The number of hydrogen-bond acceptors (Lipinski definition) is 3. The van der Waals surface area contributed by atoms with Gasteiger partial charge in [-0.15, -0.1) is 5.10 Å². The lowest BCUT2D eigenvalue weighted by atomic mass is 9.80. The minimum Gasteiger partial charge on any atom is -0.311 e. The van der Waals surface area contributed by atoms with Crippen molar-refractivity contribution < 1.29 is 4.68 Å². The highest BCUT2D eigenvalue weighted by atomic mass is 15.4. The van der Waals surface area contributed by atoms with Gasteiger partial charge in [-0.05, 0) is 87.5 Å². The number of nitrogens with zero attached hydrogens (tertiary/aromatic N) is 6. The lowest BCUT2D eigenvalue weighted by Gasteiger charge is -2.26. The predicted molar refractivity (Wildman–Crippen MR) is 252 cm³/mol. The van der Waals surface area contributed by atoms with Crippen molar-refractivity contribution in [2.24, 2.45) is 0 Å². The van der Waals surface area contributed by atoms with Crippen molar-refractivity contribution in [1.82, 2.24) is 19.2 Å². The van der Waals surface area contributed by atoms with Gasteiger partial charge in [-0.2, -0.15) is 4.68 Å². The molecule has 9 rings (SSSR count). The first-order valence-corrected chi connectivity index (χ1v) is 21.3. The molecule has 0 aliphatic carbocycles. The molecule has 0 saturated carbocycles. The molecule has 6 aromatic carbocycles. The molecular weight excluding hydrogens is 745 g/mol. The summed E-state index contributed by atoms with van der Waals surface area (Å²) >= 11 is 0. The summed E-state index contributed by atoms with van der Waals surface area (Å²) in [4.78, 5) is 7.29. The second kappa shape index (κ2) is 15.0. The maximum atomic E-state index is 5.28. The highest BCUT2D eigenvalue weighted by molar-refractivity contribution is 6.10. The standard InChI is InChI=1S/C55H54N6/c1-53(2,3)39-29-30-56-51(34-39)61-49-26-17-16-25-47(49)48-28-27-45(36-50(48)61)60(42-21-14-11-15-22-42)44-24-18-23-43(35-44)58-37-59(57-52(58)38-19-12-10-13-20-38)46-32-40(54(4,5)6)31-41(33-46)55(7,8)9/h10-36H,1-9H3. The van der Waals surface area contributed by atoms with Crippen LogP contribution in [0.5, 0.6) is 0 Å². The van der Waals surface area contributed by atoms with Crippen LogP contribution >= 0.6 is 0 Å². The average Bonchev–Trinajstić information content (AvgIpc) is 3.84. The lowest BCUT2D eigenvalue weighted by molar-refractivity contribution is -0.660. The average molecular weight is 799 g/mol. The van der Waals surface area contributed by atoms with Crippen LogP contribution in [0.2, 0.25) is 0 Å². The Morgan fingerprint density at radius 2 is 1.11 bits per heavy atom. The van der Waals surface area contributed by atoms with Crippen molar-refractivity contribution in [1.29, 1.82) is 0 Å². The molecule has 6 heteroatoms. The van der Waals surface area contributed by atoms with Crippen LogP contribution in [0.15, 0.2) is 164 Å². The third-order valence-corrected chi connectivity index (χ3v) is 11.6. The predicted octanol–water partition coefficient (Wildman–Crippen LogP) is 13.5. The van der Waals surface area contributed by atoms with E-state index >= 15 is 0 Å². The van der Waals surface area contributed by atoms with E-state index in [2.05, 4.69) is 234 Å². The van der Waals surface area contributed by atoms with E-state index < -0.39 is 0 Å². The van der Waals surface area contributed by atoms with E-state index in [4.69, 9.17) is 10.1 Å². The van der Waals surface area contributed by atoms with E-state index in [0.29, 0.717) is 0 Å². The normalized spacial score (nSPS) is 12.3. The number of benzene rings is 6. The smallest absolute Gasteiger partial charge is 0.273 e. The monoisotopic (exact) mass is 798 g/mol. The molecule has 0 N–H and O–H groups in total. The van der Waals surface area contributed by atoms with Crippen molar-refractivity contribution >= 4 is 38.9 Å². The summed E-state index contributed by atoms with van der Waals surface area (Å²) in [5, 5.41) is 7.66. The van der Waals surface area contributed by atoms with E-state index in [1.165, 1.54) is 27.5 Å². The van der Waals surface area contributed by atoms with Gasteiger partial charge in [-0.3, -0.25) is 9.13 Å². The molecule has 0 aliphatic rings. The van der Waals surface area contributed by atoms with Gasteiger partial charge in [-0.25, -0.2) is 4.98 Å². The zero-order valence-corrected chi connectivity index (χ0v) is 36.8. The Balaban J connectivity index is 1.23. The third kappa shape index (κ3) is 7.63. The van der Waals surface area contributed by atoms with Crippen LogP contribution in [0.25, 0.3) is 50.4 Å². The topological polar surface area (TPSA) is 42.8 Å². The number of pyridine rings is 1. The molecule has 0 bridgehead atoms. The number of fused-ring (bicyclic) bond motifs is 3. The van der Waals surface area contributed by atoms with Crippen molar-refractivity contribution in [2.45, 2.75) is 78.6 Å². The molecule has 9 aromatic rings. The first-order valence-electron chi connectivity index (χ1n) is 21.3. The molecular formula is C55H54N6. The first-order chi connectivity index (χ1) is 29.1. The largest absolute Gasteiger partial charge is 0.311 e. The van der Waals surface area contributed by atoms with Crippen LogP contribution in [-0.4, -0.2) is 19.2 Å². The van der Waals surface area contributed by atoms with Gasteiger partial charge in [0.1, 0.15) is 5.82 Å². The van der Waals surface area contributed by atoms with Gasteiger partial charge in [0.05, 0.1) is 22.4 Å². The fourth-order valence-electron chi connectivity index (χ4n) is 8.12. The molecule has 0 aliphatic heterocycles. The van der Waals surface area contributed by atoms with Gasteiger partial charge in [0.25, 0.3) is 6.33 Å². The lowest BCUT2D eigenvalue weighted by Crippen LogP contribution is -2.34. The van der Waals surface area contributed by atoms with E-state index in [-0.39, 0.29) is 16.2 Å². The summed E-state index contributed by atoms with van der Waals surface area (Å²) < 4.78 is 6.33. The minimum atomic E-state index is -0.0407. The van der Waals surface area contributed by atoms with Crippen molar-refractivity contribution in [3.8, 4) is 28.6 Å². The van der Waals surface area contributed by atoms with Gasteiger partial charge in [0.15, 0.2) is 5.82 Å². The number of para-hydroxylation sites is 2. The Morgan fingerprint density at radius 3 is 1.80 bits per heavy atom. The maximum Gasteiger partial charge on any atom is 0.273 e. The van der Waals surface area contributed by atoms with Crippen molar-refractivity contribution in [3.63, 3.8) is 0 Å². The number of aromatic nitrogens is 5. The molecule has 6 nitrogen and oxygen atoms in total. The molecule has 61 heavy (non-hydrogen) atoms. The van der Waals surface area contributed by atoms with Gasteiger partial charge >= 0.3 is 0 Å². The fraction of sp³-hybridized carbons (Fsp3) is 0.218. The van der Waals surface area contributed by atoms with Crippen LogP contribution in [0.3, 0.4) is 0 Å². The highest BCUT2D eigenvalue weighted by Gasteiger charge is 2.24. The molecule has 0 spiro atoms. The number of anilines is 3. The Kier molecular flexibility index (Phi) is 9.78. The second-order valence-corrected chi connectivity index (χ2v) is 19.2. The summed E-state index contributed by atoms with van der Waals surface area (Å²) in [5.41, 5.74) is 11.9. The molecule has 0 amide bonds. The third-order valence-electron chi connectivity index (χ3n) is 11.6. The van der Waals surface area contributed by atoms with E-state index in [1.54, 1.807) is 0 Å². The van der Waals surface area contributed by atoms with Gasteiger partial charge in [0.2, 0.25) is 0 Å². The molecule has 3 heterocycles. The Morgan fingerprint density at radius 1 is 0.508 bits per heavy atom. The minimum absolute atomic E-state index is 0.0190. The maximum absolute atomic E-state index is 5.28. The van der Waals surface area contributed by atoms with Crippen LogP contribution < -0.4 is 9.58 Å². The fourth-order valence-corrected chi connectivity index (χ4v) is 8.12. The summed E-state index contributed by atoms with van der Waals surface area (Å²) in [6.07, 6.45) is 5.63. The molecule has 0 atom stereocenters. The SMILES string of the molecule is CC(C)(C)c1cc(-[n+]2[c-]n(-c3cccc(N(c4ccccc4)c4ccc5c6ccccc6n(-c6cc(C(C)(C)C)ccn6)c5c4)c3)c(-c3ccccc3)n2)cc(C(C)(C)C)c1. The Labute approximate surface area is 360 Å². The summed E-state index contributed by atoms with van der Waals surface area (Å²) in [7, 11) is 0. The molecule has 0 fully saturated rings. The molecule has 0 saturated heterocycles. The summed E-state index contributed by atoms with van der Waals surface area (Å²) in [6.45, 7) is 20.4. The zero-order valence-electron chi connectivity index (χ0n) is 36.8. The van der Waals surface area contributed by atoms with Crippen LogP contribution in [-0.2, 0) is 16.2 Å². The Bertz CT molecular complexity index is 2990. The van der Waals surface area contributed by atoms with E-state index in [0.717, 1.165) is 56.7 Å². The number of hydrogen-bond donors (Lipinski definition) is 0. The highest BCUT2D eigenvalue weighted by Crippen LogP contribution is 2.40. The summed E-state index contributed by atoms with van der Waals surface area (Å²) in [5.74, 6) is 1.71. The van der Waals surface area contributed by atoms with Crippen LogP contribution in [0, 0.1) is 6.33 Å². The van der Waals surface area contributed by atoms with E-state index in [9.17, 15) is 0 Å². The van der Waals surface area contributed by atoms with Gasteiger partial charge in [-0.1, -0.05) is 165 Å². The second-order valence-electron chi connectivity index (χ2n) is 19.2. The van der Waals surface area contributed by atoms with Crippen LogP contribution in [0.4, 0.5) is 17.1 Å². The first kappa shape index (κ1) is 39.7. The zero-order chi connectivity index (χ0) is 42.7. The molecule has 304 valence electrons. The van der Waals surface area contributed by atoms with Crippen LogP contribution in [0.1, 0.15) is 79.0 Å². The summed E-state index contributed by atoms with van der Waals surface area (Å²) in [6, 6.07) is 56.4. The van der Waals surface area contributed by atoms with E-state index in [1.807, 2.05) is 16.9 Å². The quantitative estimate of drug-likeness (QED) is 0.119. The Hall–Kier alpha value is -6.79. The molecule has 3 aromatic heterocycles. The molecule has 0 unspecified atom stereocenters. The number of rotatable bonds is 7.